The van der Waals surface area contributed by atoms with E-state index in [4.69, 9.17) is 11.6 Å². The molecule has 1 unspecified atom stereocenters. The van der Waals surface area contributed by atoms with Gasteiger partial charge in [-0.2, -0.15) is 5.10 Å². The molecule has 6 nitrogen and oxygen atoms in total. The standard InChI is InChI=1S/C19H19ClN4O2S/c1-27(26)22-15-4-6-17(18(20)8-15)14-9-21-24(11-14)16-5-7-19(25)23(12-16)10-13-2-3-13/h4-9,11-13,22H,2-3,10H2,1H3. The number of halogens is 1. The molecule has 0 bridgehead atoms. The molecule has 1 aliphatic carbocycles. The van der Waals surface area contributed by atoms with Gasteiger partial charge < -0.3 is 9.29 Å². The van der Waals surface area contributed by atoms with Crippen LogP contribution in [0, 0.1) is 5.92 Å². The summed E-state index contributed by atoms with van der Waals surface area (Å²) in [6.45, 7) is 0.764. The zero-order valence-electron chi connectivity index (χ0n) is 14.8. The van der Waals surface area contributed by atoms with Crippen molar-refractivity contribution >= 4 is 28.3 Å². The van der Waals surface area contributed by atoms with Crippen LogP contribution in [-0.2, 0) is 17.5 Å². The molecule has 0 saturated heterocycles. The molecule has 1 aromatic carbocycles. The Labute approximate surface area is 164 Å². The average molecular weight is 403 g/mol. The zero-order chi connectivity index (χ0) is 19.0. The van der Waals surface area contributed by atoms with Gasteiger partial charge in [0.2, 0.25) is 0 Å². The number of hydrogen-bond donors (Lipinski definition) is 1. The van der Waals surface area contributed by atoms with Gasteiger partial charge in [0.1, 0.15) is 11.0 Å². The molecule has 4 rings (SSSR count). The molecular formula is C19H19ClN4O2S. The lowest BCUT2D eigenvalue weighted by Crippen LogP contribution is -2.20. The number of nitrogens with zero attached hydrogens (tertiary/aromatic N) is 3. The Morgan fingerprint density at radius 1 is 1.26 bits per heavy atom. The van der Waals surface area contributed by atoms with Crippen LogP contribution in [0.3, 0.4) is 0 Å². The first kappa shape index (κ1) is 18.0. The van der Waals surface area contributed by atoms with Crippen molar-refractivity contribution in [1.29, 1.82) is 0 Å². The van der Waals surface area contributed by atoms with Crippen molar-refractivity contribution < 1.29 is 4.21 Å². The van der Waals surface area contributed by atoms with E-state index >= 15 is 0 Å². The van der Waals surface area contributed by atoms with Gasteiger partial charge in [0.15, 0.2) is 0 Å². The summed E-state index contributed by atoms with van der Waals surface area (Å²) in [6.07, 6.45) is 9.42. The predicted octanol–water partition coefficient (Wildman–Crippen LogP) is 3.47. The lowest BCUT2D eigenvalue weighted by Gasteiger charge is -2.08. The molecule has 1 fully saturated rings. The average Bonchev–Trinajstić information content (AvgIpc) is 3.30. The summed E-state index contributed by atoms with van der Waals surface area (Å²) in [5.41, 5.74) is 3.24. The maximum atomic E-state index is 12.0. The SMILES string of the molecule is CS(=O)Nc1ccc(-c2cnn(-c3ccc(=O)n(CC4CC4)c3)c2)c(Cl)c1. The van der Waals surface area contributed by atoms with E-state index in [1.54, 1.807) is 39.9 Å². The van der Waals surface area contributed by atoms with E-state index in [9.17, 15) is 9.00 Å². The van der Waals surface area contributed by atoms with Gasteiger partial charge in [-0.15, -0.1) is 0 Å². The molecule has 1 N–H and O–H groups in total. The molecule has 140 valence electrons. The Morgan fingerprint density at radius 3 is 2.78 bits per heavy atom. The number of pyridine rings is 1. The van der Waals surface area contributed by atoms with Crippen LogP contribution in [-0.4, -0.2) is 24.8 Å². The van der Waals surface area contributed by atoms with Crippen molar-refractivity contribution in [2.75, 3.05) is 11.0 Å². The van der Waals surface area contributed by atoms with Crippen LogP contribution in [0.25, 0.3) is 16.8 Å². The third-order valence-corrected chi connectivity index (χ3v) is 5.34. The second-order valence-electron chi connectivity index (χ2n) is 6.75. The Morgan fingerprint density at radius 2 is 2.07 bits per heavy atom. The summed E-state index contributed by atoms with van der Waals surface area (Å²) >= 11 is 6.39. The molecule has 0 spiro atoms. The molecule has 8 heteroatoms. The van der Waals surface area contributed by atoms with Crippen molar-refractivity contribution in [3.8, 4) is 16.8 Å². The minimum absolute atomic E-state index is 0.0116. The Balaban J connectivity index is 1.62. The van der Waals surface area contributed by atoms with Gasteiger partial charge >= 0.3 is 0 Å². The van der Waals surface area contributed by atoms with Crippen molar-refractivity contribution in [2.45, 2.75) is 19.4 Å². The van der Waals surface area contributed by atoms with E-state index in [1.165, 1.54) is 12.8 Å². The van der Waals surface area contributed by atoms with Crippen LogP contribution < -0.4 is 10.3 Å². The van der Waals surface area contributed by atoms with Crippen molar-refractivity contribution in [1.82, 2.24) is 14.3 Å². The lowest BCUT2D eigenvalue weighted by molar-refractivity contribution is 0.603. The van der Waals surface area contributed by atoms with Gasteiger partial charge in [0, 0.05) is 48.1 Å². The molecule has 0 radical (unpaired) electrons. The lowest BCUT2D eigenvalue weighted by atomic mass is 10.1. The number of hydrogen-bond acceptors (Lipinski definition) is 3. The number of aromatic nitrogens is 3. The van der Waals surface area contributed by atoms with Crippen LogP contribution in [0.15, 0.2) is 53.7 Å². The summed E-state index contributed by atoms with van der Waals surface area (Å²) in [5.74, 6) is 0.620. The largest absolute Gasteiger partial charge is 0.313 e. The molecule has 0 amide bonds. The van der Waals surface area contributed by atoms with Gasteiger partial charge in [-0.25, -0.2) is 8.89 Å². The summed E-state index contributed by atoms with van der Waals surface area (Å²) < 4.78 is 17.6. The number of anilines is 1. The second kappa shape index (κ2) is 7.32. The second-order valence-corrected chi connectivity index (χ2v) is 8.27. The van der Waals surface area contributed by atoms with E-state index < -0.39 is 11.0 Å². The van der Waals surface area contributed by atoms with Gasteiger partial charge in [-0.1, -0.05) is 17.7 Å². The first-order valence-electron chi connectivity index (χ1n) is 8.65. The fourth-order valence-electron chi connectivity index (χ4n) is 2.96. The van der Waals surface area contributed by atoms with Gasteiger partial charge in [0.05, 0.1) is 16.9 Å². The summed E-state index contributed by atoms with van der Waals surface area (Å²) in [7, 11) is -1.15. The summed E-state index contributed by atoms with van der Waals surface area (Å²) in [6, 6.07) is 8.79. The first-order valence-corrected chi connectivity index (χ1v) is 10.6. The molecule has 3 aromatic rings. The molecule has 2 aromatic heterocycles. The van der Waals surface area contributed by atoms with Crippen LogP contribution in [0.5, 0.6) is 0 Å². The third kappa shape index (κ3) is 4.14. The van der Waals surface area contributed by atoms with Crippen LogP contribution in [0.2, 0.25) is 5.02 Å². The van der Waals surface area contributed by atoms with E-state index in [-0.39, 0.29) is 5.56 Å². The fraction of sp³-hybridized carbons (Fsp3) is 0.263. The predicted molar refractivity (Wildman–Crippen MR) is 109 cm³/mol. The van der Waals surface area contributed by atoms with Gasteiger partial charge in [-0.05, 0) is 37.0 Å². The fourth-order valence-corrected chi connectivity index (χ4v) is 3.71. The number of benzene rings is 1. The number of nitrogens with one attached hydrogen (secondary N) is 1. The number of rotatable bonds is 6. The molecule has 1 atom stereocenters. The minimum atomic E-state index is -1.15. The maximum Gasteiger partial charge on any atom is 0.250 e. The van der Waals surface area contributed by atoms with Crippen LogP contribution >= 0.6 is 11.6 Å². The first-order chi connectivity index (χ1) is 13.0. The Bertz CT molecular complexity index is 1070. The Hall–Kier alpha value is -2.38. The summed E-state index contributed by atoms with van der Waals surface area (Å²) in [5, 5.41) is 4.96. The highest BCUT2D eigenvalue weighted by molar-refractivity contribution is 7.85. The van der Waals surface area contributed by atoms with E-state index in [1.807, 2.05) is 24.5 Å². The molecule has 1 aliphatic rings. The van der Waals surface area contributed by atoms with Crippen molar-refractivity contribution in [2.24, 2.45) is 5.92 Å². The molecule has 2 heterocycles. The molecule has 27 heavy (non-hydrogen) atoms. The molecule has 1 saturated carbocycles. The van der Waals surface area contributed by atoms with Crippen molar-refractivity contribution in [3.05, 3.63) is 64.3 Å². The van der Waals surface area contributed by atoms with Crippen molar-refractivity contribution in [3.63, 3.8) is 0 Å². The van der Waals surface area contributed by atoms with E-state index in [0.717, 1.165) is 23.4 Å². The molecule has 0 aliphatic heterocycles. The quantitative estimate of drug-likeness (QED) is 0.686. The van der Waals surface area contributed by atoms with Gasteiger partial charge in [-0.3, -0.25) is 4.79 Å². The highest BCUT2D eigenvalue weighted by Crippen LogP contribution is 2.31. The monoisotopic (exact) mass is 402 g/mol. The van der Waals surface area contributed by atoms with Gasteiger partial charge in [0.25, 0.3) is 5.56 Å². The maximum absolute atomic E-state index is 12.0. The third-order valence-electron chi connectivity index (χ3n) is 4.51. The summed E-state index contributed by atoms with van der Waals surface area (Å²) in [4.78, 5) is 12.0. The topological polar surface area (TPSA) is 68.9 Å². The van der Waals surface area contributed by atoms with Crippen LogP contribution in [0.4, 0.5) is 5.69 Å². The minimum Gasteiger partial charge on any atom is -0.313 e. The van der Waals surface area contributed by atoms with E-state index in [2.05, 4.69) is 9.82 Å². The van der Waals surface area contributed by atoms with E-state index in [0.29, 0.717) is 16.6 Å². The highest BCUT2D eigenvalue weighted by atomic mass is 35.5. The highest BCUT2D eigenvalue weighted by Gasteiger charge is 2.22. The zero-order valence-corrected chi connectivity index (χ0v) is 16.3. The normalized spacial score (nSPS) is 14.9. The smallest absolute Gasteiger partial charge is 0.250 e. The van der Waals surface area contributed by atoms with Crippen LogP contribution in [0.1, 0.15) is 12.8 Å². The molecular weight excluding hydrogens is 384 g/mol. The Kier molecular flexibility index (Phi) is 4.88.